The summed E-state index contributed by atoms with van der Waals surface area (Å²) in [5.41, 5.74) is 1.45. The summed E-state index contributed by atoms with van der Waals surface area (Å²) < 4.78 is 15.7. The molecule has 2 rings (SSSR count). The van der Waals surface area contributed by atoms with Crippen LogP contribution in [0.25, 0.3) is 0 Å². The molecule has 0 spiro atoms. The van der Waals surface area contributed by atoms with E-state index in [0.717, 1.165) is 0 Å². The monoisotopic (exact) mass is 332 g/mol. The van der Waals surface area contributed by atoms with E-state index in [9.17, 15) is 9.59 Å². The second-order valence-electron chi connectivity index (χ2n) is 5.07. The fourth-order valence-corrected chi connectivity index (χ4v) is 2.46. The van der Waals surface area contributed by atoms with E-state index in [2.05, 4.69) is 17.2 Å². The number of carbonyl (C=O) groups excluding carboxylic acids is 2. The van der Waals surface area contributed by atoms with Crippen LogP contribution in [0.2, 0.25) is 0 Å². The van der Waals surface area contributed by atoms with Gasteiger partial charge in [-0.05, 0) is 24.6 Å². The normalized spacial score (nSPS) is 16.8. The number of benzene rings is 1. The molecule has 128 valence electrons. The van der Waals surface area contributed by atoms with Gasteiger partial charge in [0.15, 0.2) is 11.5 Å². The Kier molecular flexibility index (Phi) is 5.47. The van der Waals surface area contributed by atoms with Crippen LogP contribution in [0.5, 0.6) is 11.5 Å². The van der Waals surface area contributed by atoms with Crippen molar-refractivity contribution in [3.8, 4) is 11.5 Å². The van der Waals surface area contributed by atoms with Crippen LogP contribution in [0.1, 0.15) is 18.5 Å². The fourth-order valence-electron chi connectivity index (χ4n) is 2.46. The highest BCUT2D eigenvalue weighted by molar-refractivity contribution is 5.94. The molecule has 1 aliphatic heterocycles. The number of rotatable bonds is 6. The van der Waals surface area contributed by atoms with Gasteiger partial charge in [0.25, 0.3) is 0 Å². The quantitative estimate of drug-likeness (QED) is 0.615. The van der Waals surface area contributed by atoms with Gasteiger partial charge in [-0.1, -0.05) is 18.7 Å². The molecule has 2 amide bonds. The average molecular weight is 332 g/mol. The molecule has 0 aromatic heterocycles. The number of ether oxygens (including phenoxy) is 3. The number of amides is 2. The molecule has 1 aliphatic rings. The Balaban J connectivity index is 2.44. The largest absolute Gasteiger partial charge is 0.493 e. The molecule has 0 bridgehead atoms. The third-order valence-electron chi connectivity index (χ3n) is 3.55. The summed E-state index contributed by atoms with van der Waals surface area (Å²) in [6, 6.07) is 4.15. The molecule has 0 saturated heterocycles. The van der Waals surface area contributed by atoms with Gasteiger partial charge in [0, 0.05) is 5.70 Å². The second-order valence-corrected chi connectivity index (χ2v) is 5.07. The number of allylic oxidation sites excluding steroid dienone is 1. The van der Waals surface area contributed by atoms with E-state index < -0.39 is 18.0 Å². The molecular formula is C17H20N2O5. The van der Waals surface area contributed by atoms with E-state index in [1.54, 1.807) is 31.2 Å². The molecule has 0 saturated carbocycles. The predicted molar refractivity (Wildman–Crippen MR) is 87.8 cm³/mol. The molecule has 2 N–H and O–H groups in total. The number of hydrogen-bond acceptors (Lipinski definition) is 5. The van der Waals surface area contributed by atoms with E-state index in [4.69, 9.17) is 14.2 Å². The lowest BCUT2D eigenvalue weighted by atomic mass is 9.95. The summed E-state index contributed by atoms with van der Waals surface area (Å²) in [5.74, 6) is 0.515. The van der Waals surface area contributed by atoms with Crippen LogP contribution < -0.4 is 20.1 Å². The Morgan fingerprint density at radius 3 is 2.71 bits per heavy atom. The van der Waals surface area contributed by atoms with Crippen molar-refractivity contribution in [3.05, 3.63) is 47.7 Å². The van der Waals surface area contributed by atoms with Gasteiger partial charge in [-0.15, -0.1) is 0 Å². The molecular weight excluding hydrogens is 312 g/mol. The first-order valence-electron chi connectivity index (χ1n) is 7.30. The van der Waals surface area contributed by atoms with Crippen molar-refractivity contribution in [1.29, 1.82) is 0 Å². The first-order valence-corrected chi connectivity index (χ1v) is 7.30. The maximum absolute atomic E-state index is 12.1. The molecule has 0 aliphatic carbocycles. The zero-order valence-corrected chi connectivity index (χ0v) is 13.8. The van der Waals surface area contributed by atoms with Gasteiger partial charge in [0.1, 0.15) is 6.61 Å². The van der Waals surface area contributed by atoms with E-state index in [0.29, 0.717) is 34.9 Å². The highest BCUT2D eigenvalue weighted by Crippen LogP contribution is 2.34. The number of carbonyl (C=O) groups is 2. The topological polar surface area (TPSA) is 85.9 Å². The lowest BCUT2D eigenvalue weighted by Crippen LogP contribution is -2.45. The van der Waals surface area contributed by atoms with Crippen LogP contribution in [0.15, 0.2) is 42.1 Å². The molecule has 0 fully saturated rings. The first kappa shape index (κ1) is 17.4. The van der Waals surface area contributed by atoms with Crippen LogP contribution >= 0.6 is 0 Å². The Labute approximate surface area is 140 Å². The molecule has 7 heteroatoms. The Morgan fingerprint density at radius 2 is 2.08 bits per heavy atom. The van der Waals surface area contributed by atoms with Crippen LogP contribution in [0, 0.1) is 0 Å². The van der Waals surface area contributed by atoms with Crippen molar-refractivity contribution in [2.45, 2.75) is 13.0 Å². The van der Waals surface area contributed by atoms with Crippen LogP contribution in [-0.2, 0) is 9.53 Å². The van der Waals surface area contributed by atoms with Gasteiger partial charge in [-0.3, -0.25) is 0 Å². The number of esters is 1. The Bertz CT molecular complexity index is 696. The zero-order valence-electron chi connectivity index (χ0n) is 13.8. The van der Waals surface area contributed by atoms with E-state index in [1.165, 1.54) is 14.2 Å². The van der Waals surface area contributed by atoms with Gasteiger partial charge < -0.3 is 24.8 Å². The molecule has 1 heterocycles. The molecule has 24 heavy (non-hydrogen) atoms. The number of methoxy groups -OCH3 is 2. The highest BCUT2D eigenvalue weighted by atomic mass is 16.5. The number of hydrogen-bond donors (Lipinski definition) is 2. The minimum Gasteiger partial charge on any atom is -0.493 e. The van der Waals surface area contributed by atoms with Gasteiger partial charge >= 0.3 is 12.0 Å². The van der Waals surface area contributed by atoms with Crippen molar-refractivity contribution >= 4 is 12.0 Å². The molecule has 1 aromatic carbocycles. The van der Waals surface area contributed by atoms with Crippen molar-refractivity contribution in [2.24, 2.45) is 0 Å². The molecule has 1 unspecified atom stereocenters. The summed E-state index contributed by atoms with van der Waals surface area (Å²) in [6.45, 7) is 5.59. The van der Waals surface area contributed by atoms with Crippen LogP contribution in [-0.4, -0.2) is 32.8 Å². The minimum atomic E-state index is -0.645. The fraction of sp³-hybridized carbons (Fsp3) is 0.294. The Morgan fingerprint density at radius 1 is 1.33 bits per heavy atom. The third-order valence-corrected chi connectivity index (χ3v) is 3.55. The Hall–Kier alpha value is -2.96. The maximum Gasteiger partial charge on any atom is 0.337 e. The second kappa shape index (κ2) is 7.54. The molecule has 0 radical (unpaired) electrons. The van der Waals surface area contributed by atoms with Crippen LogP contribution in [0.4, 0.5) is 4.79 Å². The summed E-state index contributed by atoms with van der Waals surface area (Å²) in [5, 5.41) is 5.29. The molecule has 1 aromatic rings. The maximum atomic E-state index is 12.1. The summed E-state index contributed by atoms with van der Waals surface area (Å²) in [4.78, 5) is 23.9. The zero-order chi connectivity index (χ0) is 17.7. The average Bonchev–Trinajstić information content (AvgIpc) is 2.58. The van der Waals surface area contributed by atoms with Gasteiger partial charge in [0.2, 0.25) is 0 Å². The third kappa shape index (κ3) is 3.51. The SMILES string of the molecule is C=CCOc1ccc(C2NC(=O)NC(C)=C2C(=O)OC)cc1OC. The van der Waals surface area contributed by atoms with Crippen molar-refractivity contribution in [2.75, 3.05) is 20.8 Å². The first-order chi connectivity index (χ1) is 11.5. The van der Waals surface area contributed by atoms with Crippen molar-refractivity contribution in [1.82, 2.24) is 10.6 Å². The van der Waals surface area contributed by atoms with E-state index >= 15 is 0 Å². The molecule has 7 nitrogen and oxygen atoms in total. The number of urea groups is 1. The summed E-state index contributed by atoms with van der Waals surface area (Å²) >= 11 is 0. The lowest BCUT2D eigenvalue weighted by Gasteiger charge is -2.28. The summed E-state index contributed by atoms with van der Waals surface area (Å²) in [7, 11) is 2.81. The smallest absolute Gasteiger partial charge is 0.337 e. The van der Waals surface area contributed by atoms with Gasteiger partial charge in [-0.2, -0.15) is 0 Å². The minimum absolute atomic E-state index is 0.332. The number of nitrogens with one attached hydrogen (secondary N) is 2. The van der Waals surface area contributed by atoms with Crippen LogP contribution in [0.3, 0.4) is 0 Å². The van der Waals surface area contributed by atoms with Gasteiger partial charge in [0.05, 0.1) is 25.8 Å². The lowest BCUT2D eigenvalue weighted by molar-refractivity contribution is -0.136. The van der Waals surface area contributed by atoms with E-state index in [-0.39, 0.29) is 0 Å². The molecule has 1 atom stereocenters. The standard InChI is InChI=1S/C17H20N2O5/c1-5-8-24-12-7-6-11(9-13(12)22-3)15-14(16(20)23-4)10(2)18-17(21)19-15/h5-7,9,15H,1,8H2,2-4H3,(H2,18,19,21). The van der Waals surface area contributed by atoms with Crippen molar-refractivity contribution in [3.63, 3.8) is 0 Å². The highest BCUT2D eigenvalue weighted by Gasteiger charge is 2.32. The van der Waals surface area contributed by atoms with Crippen molar-refractivity contribution < 1.29 is 23.8 Å². The van der Waals surface area contributed by atoms with E-state index in [1.807, 2.05) is 0 Å². The van der Waals surface area contributed by atoms with Gasteiger partial charge in [-0.25, -0.2) is 9.59 Å². The predicted octanol–water partition coefficient (Wildman–Crippen LogP) is 2.06. The summed E-state index contributed by atoms with van der Waals surface area (Å²) in [6.07, 6.45) is 1.63.